The summed E-state index contributed by atoms with van der Waals surface area (Å²) in [6.07, 6.45) is -0.0940. The van der Waals surface area contributed by atoms with Gasteiger partial charge in [0.1, 0.15) is 5.75 Å². The summed E-state index contributed by atoms with van der Waals surface area (Å²) < 4.78 is 5.73. The lowest BCUT2D eigenvalue weighted by Gasteiger charge is -2.17. The molecule has 2 aromatic carbocycles. The predicted molar refractivity (Wildman–Crippen MR) is 87.9 cm³/mol. The molecule has 120 valence electrons. The van der Waals surface area contributed by atoms with Crippen LogP contribution < -0.4 is 10.1 Å². The molecule has 0 aliphatic heterocycles. The molecule has 0 radical (unpaired) electrons. The number of nitrogens with one attached hydrogen (secondary N) is 1. The lowest BCUT2D eigenvalue weighted by atomic mass is 10.2. The summed E-state index contributed by atoms with van der Waals surface area (Å²) in [5, 5.41) is 11.6. The highest BCUT2D eigenvalue weighted by atomic mass is 16.5. The van der Waals surface area contributed by atoms with E-state index in [1.807, 2.05) is 38.1 Å². The van der Waals surface area contributed by atoms with E-state index in [0.29, 0.717) is 17.9 Å². The molecule has 23 heavy (non-hydrogen) atoms. The second kappa shape index (κ2) is 7.45. The first kappa shape index (κ1) is 16.5. The third kappa shape index (κ3) is 4.57. The highest BCUT2D eigenvalue weighted by Crippen LogP contribution is 2.17. The van der Waals surface area contributed by atoms with Crippen LogP contribution in [0.15, 0.2) is 48.5 Å². The molecule has 2 aromatic rings. The summed E-state index contributed by atoms with van der Waals surface area (Å²) in [5.74, 6) is -0.623. The minimum atomic E-state index is -1.00. The second-order valence-corrected chi connectivity index (χ2v) is 5.20. The zero-order chi connectivity index (χ0) is 16.8. The number of benzene rings is 2. The molecule has 0 aliphatic carbocycles. The van der Waals surface area contributed by atoms with Gasteiger partial charge in [0, 0.05) is 5.69 Å². The fourth-order valence-electron chi connectivity index (χ4n) is 2.09. The van der Waals surface area contributed by atoms with Gasteiger partial charge in [-0.3, -0.25) is 4.79 Å². The lowest BCUT2D eigenvalue weighted by molar-refractivity contribution is -0.122. The summed E-state index contributed by atoms with van der Waals surface area (Å²) >= 11 is 0. The van der Waals surface area contributed by atoms with Crippen LogP contribution in [-0.4, -0.2) is 23.1 Å². The Hall–Kier alpha value is -2.82. The van der Waals surface area contributed by atoms with Crippen molar-refractivity contribution < 1.29 is 19.4 Å². The van der Waals surface area contributed by atoms with Gasteiger partial charge in [-0.05, 0) is 55.3 Å². The number of rotatable bonds is 6. The van der Waals surface area contributed by atoms with Gasteiger partial charge in [-0.25, -0.2) is 4.79 Å². The molecule has 0 aromatic heterocycles. The molecule has 1 amide bonds. The quantitative estimate of drug-likeness (QED) is 0.856. The molecule has 0 bridgehead atoms. The smallest absolute Gasteiger partial charge is 0.335 e. The van der Waals surface area contributed by atoms with E-state index in [4.69, 9.17) is 9.84 Å². The molecule has 0 aliphatic rings. The number of hydrogen-bond acceptors (Lipinski definition) is 3. The van der Waals surface area contributed by atoms with E-state index in [1.54, 1.807) is 12.1 Å². The first-order valence-corrected chi connectivity index (χ1v) is 7.37. The molecule has 0 saturated carbocycles. The molecular formula is C18H19NO4. The first-order valence-electron chi connectivity index (χ1n) is 7.37. The number of carboxylic acid groups (broad SMARTS) is 1. The number of aromatic carboxylic acids is 1. The van der Waals surface area contributed by atoms with Crippen molar-refractivity contribution in [3.63, 3.8) is 0 Å². The zero-order valence-corrected chi connectivity index (χ0v) is 13.1. The van der Waals surface area contributed by atoms with Crippen LogP contribution in [0.2, 0.25) is 0 Å². The molecule has 0 heterocycles. The van der Waals surface area contributed by atoms with E-state index in [0.717, 1.165) is 5.56 Å². The van der Waals surface area contributed by atoms with E-state index in [-0.39, 0.29) is 11.5 Å². The summed E-state index contributed by atoms with van der Waals surface area (Å²) in [6.45, 7) is 3.82. The Labute approximate surface area is 134 Å². The Morgan fingerprint density at radius 1 is 1.17 bits per heavy atom. The summed E-state index contributed by atoms with van der Waals surface area (Å²) in [7, 11) is 0. The maximum atomic E-state index is 12.3. The normalized spacial score (nSPS) is 11.6. The molecule has 0 spiro atoms. The average Bonchev–Trinajstić information content (AvgIpc) is 2.53. The number of hydrogen-bond donors (Lipinski definition) is 2. The van der Waals surface area contributed by atoms with Crippen molar-refractivity contribution >= 4 is 17.6 Å². The number of carbonyl (C=O) groups is 2. The standard InChI is InChI=1S/C18H19NO4/c1-3-16(23-15-6-4-5-12(2)11-15)17(20)19-14-9-7-13(8-10-14)18(21)22/h4-11,16H,3H2,1-2H3,(H,19,20)(H,21,22)/t16-/m0/s1. The fourth-order valence-corrected chi connectivity index (χ4v) is 2.09. The van der Waals surface area contributed by atoms with Gasteiger partial charge in [-0.1, -0.05) is 19.1 Å². The fraction of sp³-hybridized carbons (Fsp3) is 0.222. The molecule has 5 nitrogen and oxygen atoms in total. The molecular weight excluding hydrogens is 294 g/mol. The van der Waals surface area contributed by atoms with Crippen LogP contribution in [0.3, 0.4) is 0 Å². The van der Waals surface area contributed by atoms with Crippen LogP contribution >= 0.6 is 0 Å². The predicted octanol–water partition coefficient (Wildman–Crippen LogP) is 3.49. The van der Waals surface area contributed by atoms with Gasteiger partial charge in [0.25, 0.3) is 5.91 Å². The van der Waals surface area contributed by atoms with E-state index >= 15 is 0 Å². The summed E-state index contributed by atoms with van der Waals surface area (Å²) in [5.41, 5.74) is 1.76. The minimum absolute atomic E-state index is 0.172. The van der Waals surface area contributed by atoms with Crippen LogP contribution in [0.1, 0.15) is 29.3 Å². The SMILES string of the molecule is CC[C@H](Oc1cccc(C)c1)C(=O)Nc1ccc(C(=O)O)cc1. The van der Waals surface area contributed by atoms with E-state index < -0.39 is 12.1 Å². The van der Waals surface area contributed by atoms with Crippen molar-refractivity contribution in [3.8, 4) is 5.75 Å². The third-order valence-corrected chi connectivity index (χ3v) is 3.33. The van der Waals surface area contributed by atoms with Crippen LogP contribution in [0, 0.1) is 6.92 Å². The van der Waals surface area contributed by atoms with Gasteiger partial charge in [0.15, 0.2) is 6.10 Å². The van der Waals surface area contributed by atoms with Gasteiger partial charge in [-0.2, -0.15) is 0 Å². The number of ether oxygens (including phenoxy) is 1. The third-order valence-electron chi connectivity index (χ3n) is 3.33. The molecule has 5 heteroatoms. The second-order valence-electron chi connectivity index (χ2n) is 5.20. The molecule has 0 fully saturated rings. The molecule has 0 unspecified atom stereocenters. The van der Waals surface area contributed by atoms with Crippen LogP contribution in [0.4, 0.5) is 5.69 Å². The van der Waals surface area contributed by atoms with Crippen LogP contribution in [-0.2, 0) is 4.79 Å². The number of carboxylic acids is 1. The Morgan fingerprint density at radius 2 is 1.87 bits per heavy atom. The van der Waals surface area contributed by atoms with E-state index in [2.05, 4.69) is 5.32 Å². The summed E-state index contributed by atoms with van der Waals surface area (Å²) in [4.78, 5) is 23.1. The van der Waals surface area contributed by atoms with Crippen molar-refractivity contribution in [2.24, 2.45) is 0 Å². The van der Waals surface area contributed by atoms with Gasteiger partial charge in [-0.15, -0.1) is 0 Å². The number of anilines is 1. The zero-order valence-electron chi connectivity index (χ0n) is 13.1. The van der Waals surface area contributed by atoms with Gasteiger partial charge in [0.2, 0.25) is 0 Å². The number of amides is 1. The van der Waals surface area contributed by atoms with Crippen LogP contribution in [0.5, 0.6) is 5.75 Å². The average molecular weight is 313 g/mol. The molecule has 0 saturated heterocycles. The van der Waals surface area contributed by atoms with Gasteiger partial charge < -0.3 is 15.2 Å². The lowest BCUT2D eigenvalue weighted by Crippen LogP contribution is -2.32. The number of carbonyl (C=O) groups excluding carboxylic acids is 1. The van der Waals surface area contributed by atoms with E-state index in [1.165, 1.54) is 12.1 Å². The Balaban J connectivity index is 2.03. The van der Waals surface area contributed by atoms with Gasteiger partial charge in [0.05, 0.1) is 5.56 Å². The van der Waals surface area contributed by atoms with Crippen molar-refractivity contribution in [1.29, 1.82) is 0 Å². The Bertz CT molecular complexity index is 694. The van der Waals surface area contributed by atoms with Crippen molar-refractivity contribution in [2.75, 3.05) is 5.32 Å². The van der Waals surface area contributed by atoms with E-state index in [9.17, 15) is 9.59 Å². The maximum Gasteiger partial charge on any atom is 0.335 e. The first-order chi connectivity index (χ1) is 11.0. The van der Waals surface area contributed by atoms with Crippen LogP contribution in [0.25, 0.3) is 0 Å². The van der Waals surface area contributed by atoms with Crippen molar-refractivity contribution in [3.05, 3.63) is 59.7 Å². The monoisotopic (exact) mass is 313 g/mol. The highest BCUT2D eigenvalue weighted by molar-refractivity contribution is 5.95. The largest absolute Gasteiger partial charge is 0.481 e. The number of aryl methyl sites for hydroxylation is 1. The molecule has 2 rings (SSSR count). The molecule has 1 atom stereocenters. The Morgan fingerprint density at radius 3 is 2.43 bits per heavy atom. The topological polar surface area (TPSA) is 75.6 Å². The maximum absolute atomic E-state index is 12.3. The minimum Gasteiger partial charge on any atom is -0.481 e. The Kier molecular flexibility index (Phi) is 5.36. The highest BCUT2D eigenvalue weighted by Gasteiger charge is 2.18. The van der Waals surface area contributed by atoms with Crippen molar-refractivity contribution in [1.82, 2.24) is 0 Å². The van der Waals surface area contributed by atoms with Crippen molar-refractivity contribution in [2.45, 2.75) is 26.4 Å². The van der Waals surface area contributed by atoms with Gasteiger partial charge >= 0.3 is 5.97 Å². The molecule has 2 N–H and O–H groups in total. The summed E-state index contributed by atoms with van der Waals surface area (Å²) in [6, 6.07) is 13.5.